The van der Waals surface area contributed by atoms with Crippen molar-refractivity contribution in [1.82, 2.24) is 0 Å². The van der Waals surface area contributed by atoms with Gasteiger partial charge in [-0.2, -0.15) is 0 Å². The first-order valence-corrected chi connectivity index (χ1v) is 16.9. The van der Waals surface area contributed by atoms with Gasteiger partial charge >= 0.3 is 172 Å². The van der Waals surface area contributed by atoms with Crippen molar-refractivity contribution in [3.05, 3.63) is 84.9 Å². The topological polar surface area (TPSA) is 114 Å². The predicted octanol–water partition coefficient (Wildman–Crippen LogP) is 0.213. The third-order valence-electron chi connectivity index (χ3n) is 3.48. The van der Waals surface area contributed by atoms with E-state index in [1.54, 1.807) is 48.5 Å². The fourth-order valence-electron chi connectivity index (χ4n) is 2.14. The maximum absolute atomic E-state index is 12.6. The predicted molar refractivity (Wildman–Crippen MR) is 97.1 cm³/mol. The second kappa shape index (κ2) is 9.22. The number of hydrogen-bond donors (Lipinski definition) is 1. The van der Waals surface area contributed by atoms with Crippen LogP contribution in [-0.4, -0.2) is 42.7 Å². The van der Waals surface area contributed by atoms with E-state index in [9.17, 15) is 12.8 Å². The standard InChI is InChI=1S/C6H6O4.2C6H5.H2O.3O.2Sb/c7-5-3-1-2-4-6(5)9-10-8;2*1-2-4-6-5-3-1;;;;;;/h1-4,7-8H;2*1-5H;1H2;;;;;/q;;;;;;-1;+1;+2/p-3. The van der Waals surface area contributed by atoms with Crippen molar-refractivity contribution < 1.29 is 28.9 Å². The molecule has 2 atom stereocenters. The summed E-state index contributed by atoms with van der Waals surface area (Å²) < 4.78 is 57.0. The van der Waals surface area contributed by atoms with Crippen LogP contribution in [0.15, 0.2) is 84.9 Å². The molecule has 0 aliphatic rings. The Morgan fingerprint density at radius 1 is 0.714 bits per heavy atom. The van der Waals surface area contributed by atoms with E-state index in [-0.39, 0.29) is 18.5 Å². The van der Waals surface area contributed by atoms with Gasteiger partial charge in [0, 0.05) is 0 Å². The Hall–Kier alpha value is -1.66. The van der Waals surface area contributed by atoms with Crippen molar-refractivity contribution in [1.29, 1.82) is 0 Å². The zero-order chi connectivity index (χ0) is 20.0. The van der Waals surface area contributed by atoms with Crippen LogP contribution in [0.5, 0.6) is 11.5 Å². The number of para-hydroxylation sites is 2. The minimum atomic E-state index is -5.53. The molecule has 0 fully saturated rings. The van der Waals surface area contributed by atoms with Gasteiger partial charge in [0.05, 0.1) is 0 Å². The number of rotatable bonds is 8. The van der Waals surface area contributed by atoms with Crippen LogP contribution in [0.4, 0.5) is 0 Å². The van der Waals surface area contributed by atoms with Gasteiger partial charge in [0.25, 0.3) is 0 Å². The normalized spacial score (nSPS) is 15.2. The van der Waals surface area contributed by atoms with E-state index in [0.717, 1.165) is 0 Å². The summed E-state index contributed by atoms with van der Waals surface area (Å²) in [5, 5.41) is 4.42. The average Bonchev–Trinajstić information content (AvgIpc) is 2.70. The Morgan fingerprint density at radius 3 is 1.82 bits per heavy atom. The van der Waals surface area contributed by atoms with Crippen LogP contribution >= 0.6 is 0 Å². The van der Waals surface area contributed by atoms with Crippen LogP contribution in [0.25, 0.3) is 0 Å². The van der Waals surface area contributed by atoms with E-state index < -0.39 is 39.3 Å². The number of hydrogen-bond acceptors (Lipinski definition) is 7. The van der Waals surface area contributed by atoms with Crippen LogP contribution < -0.4 is 18.3 Å². The molecule has 8 nitrogen and oxygen atoms in total. The molecule has 0 heterocycles. The van der Waals surface area contributed by atoms with Gasteiger partial charge in [-0.25, -0.2) is 0 Å². The molecule has 3 aromatic carbocycles. The van der Waals surface area contributed by atoms with Crippen molar-refractivity contribution in [2.24, 2.45) is 0 Å². The van der Waals surface area contributed by atoms with Crippen LogP contribution in [-0.2, 0) is 14.2 Å². The first-order valence-electron chi connectivity index (χ1n) is 7.95. The van der Waals surface area contributed by atoms with E-state index in [1.165, 1.54) is 36.4 Å². The molecule has 0 amide bonds. The summed E-state index contributed by atoms with van der Waals surface area (Å²) in [6.45, 7) is 0. The van der Waals surface area contributed by atoms with Crippen LogP contribution in [0, 0.1) is 0 Å². The van der Waals surface area contributed by atoms with E-state index in [1.807, 2.05) is 0 Å². The second-order valence-electron chi connectivity index (χ2n) is 5.45. The van der Waals surface area contributed by atoms with E-state index in [0.29, 0.717) is 0 Å². The van der Waals surface area contributed by atoms with Crippen molar-refractivity contribution in [3.8, 4) is 11.5 Å². The van der Waals surface area contributed by atoms with Gasteiger partial charge in [0.1, 0.15) is 0 Å². The summed E-state index contributed by atoms with van der Waals surface area (Å²) in [7, 11) is 0. The molecule has 146 valence electrons. The Bertz CT molecular complexity index is 1010. The second-order valence-corrected chi connectivity index (χ2v) is 15.2. The van der Waals surface area contributed by atoms with Gasteiger partial charge in [-0.05, 0) is 0 Å². The third kappa shape index (κ3) is 5.44. The summed E-state index contributed by atoms with van der Waals surface area (Å²) in [5.74, 6) is -0.204. The van der Waals surface area contributed by atoms with Gasteiger partial charge in [0.2, 0.25) is 0 Å². The molecule has 3 aromatic rings. The van der Waals surface area contributed by atoms with Crippen LogP contribution in [0.1, 0.15) is 0 Å². The Morgan fingerprint density at radius 2 is 1.21 bits per heavy atom. The fourth-order valence-corrected chi connectivity index (χ4v) is 7.30. The zero-order valence-electron chi connectivity index (χ0n) is 14.3. The fraction of sp³-hybridized carbons (Fsp3) is 0. The minimum absolute atomic E-state index is 0.0113. The summed E-state index contributed by atoms with van der Waals surface area (Å²) in [6.07, 6.45) is 0. The van der Waals surface area contributed by atoms with Crippen molar-refractivity contribution in [2.75, 3.05) is 0 Å². The first-order chi connectivity index (χ1) is 13.4. The summed E-state index contributed by atoms with van der Waals surface area (Å²) in [6, 6.07) is 21.3. The number of benzene rings is 3. The molecule has 0 spiro atoms. The van der Waals surface area contributed by atoms with Crippen molar-refractivity contribution in [3.63, 3.8) is 0 Å². The Labute approximate surface area is 170 Å². The molecular formula is C18H15O8Sb2-. The van der Waals surface area contributed by atoms with Crippen LogP contribution in [0.3, 0.4) is 0 Å². The molecule has 0 aliphatic heterocycles. The molecule has 0 aromatic heterocycles. The molecule has 0 aliphatic carbocycles. The van der Waals surface area contributed by atoms with E-state index >= 15 is 0 Å². The van der Waals surface area contributed by atoms with Gasteiger partial charge in [-0.3, -0.25) is 0 Å². The molecule has 2 unspecified atom stereocenters. The SMILES string of the molecule is [O]=[Sb]([O-])([O]OOc1ccccc1[O][Sb](=[O])([OH])[c]1ccccc1)[c]1ccccc1. The quantitative estimate of drug-likeness (QED) is 0.221. The molecular weight excluding hydrogens is 588 g/mol. The van der Waals surface area contributed by atoms with Gasteiger partial charge in [0.15, 0.2) is 0 Å². The Kier molecular flexibility index (Phi) is 6.94. The Balaban J connectivity index is 1.69. The molecule has 10 heteroatoms. The molecule has 0 saturated carbocycles. The van der Waals surface area contributed by atoms with E-state index in [4.69, 9.17) is 7.90 Å². The van der Waals surface area contributed by atoms with Gasteiger partial charge < -0.3 is 0 Å². The van der Waals surface area contributed by atoms with Crippen LogP contribution in [0.2, 0.25) is 0 Å². The molecule has 3 rings (SSSR count). The van der Waals surface area contributed by atoms with E-state index in [2.05, 4.69) is 8.20 Å². The molecule has 28 heavy (non-hydrogen) atoms. The van der Waals surface area contributed by atoms with Gasteiger partial charge in [-0.1, -0.05) is 0 Å². The summed E-state index contributed by atoms with van der Waals surface area (Å²) >= 11 is -10.8. The molecule has 0 radical (unpaired) electrons. The monoisotopic (exact) mass is 601 g/mol. The average molecular weight is 603 g/mol. The zero-order valence-corrected chi connectivity index (χ0v) is 19.4. The van der Waals surface area contributed by atoms with Gasteiger partial charge in [-0.15, -0.1) is 0 Å². The summed E-state index contributed by atoms with van der Waals surface area (Å²) in [5.41, 5.74) is 0. The van der Waals surface area contributed by atoms with Crippen molar-refractivity contribution >= 4 is 46.3 Å². The maximum atomic E-state index is 12.6. The van der Waals surface area contributed by atoms with Crippen molar-refractivity contribution in [2.45, 2.75) is 0 Å². The molecule has 0 saturated heterocycles. The third-order valence-corrected chi connectivity index (χ3v) is 10.8. The molecule has 0 bridgehead atoms. The summed E-state index contributed by atoms with van der Waals surface area (Å²) in [4.78, 5) is 4.86. The first kappa shape index (κ1) is 21.1. The molecule has 1 N–H and O–H groups in total.